The summed E-state index contributed by atoms with van der Waals surface area (Å²) in [6.07, 6.45) is 9.57. The summed E-state index contributed by atoms with van der Waals surface area (Å²) < 4.78 is 12.0. The highest BCUT2D eigenvalue weighted by Crippen LogP contribution is 2.36. The smallest absolute Gasteiger partial charge is 0.274 e. The van der Waals surface area contributed by atoms with Crippen molar-refractivity contribution in [2.45, 2.75) is 24.5 Å². The second kappa shape index (κ2) is 6.16. The van der Waals surface area contributed by atoms with Crippen molar-refractivity contribution in [3.8, 4) is 5.75 Å². The van der Waals surface area contributed by atoms with Crippen LogP contribution in [0.25, 0.3) is 0 Å². The van der Waals surface area contributed by atoms with Gasteiger partial charge in [-0.25, -0.2) is 4.98 Å². The summed E-state index contributed by atoms with van der Waals surface area (Å²) >= 11 is 0. The van der Waals surface area contributed by atoms with Crippen molar-refractivity contribution < 1.29 is 14.3 Å². The minimum atomic E-state index is -0.315. The van der Waals surface area contributed by atoms with E-state index in [1.54, 1.807) is 23.5 Å². The van der Waals surface area contributed by atoms with Crippen molar-refractivity contribution in [2.24, 2.45) is 0 Å². The predicted octanol–water partition coefficient (Wildman–Crippen LogP) is 1.32. The van der Waals surface area contributed by atoms with Gasteiger partial charge >= 0.3 is 0 Å². The summed E-state index contributed by atoms with van der Waals surface area (Å²) in [4.78, 5) is 26.4. The molecule has 0 aliphatic carbocycles. The van der Waals surface area contributed by atoms with E-state index in [-0.39, 0.29) is 17.6 Å². The number of rotatable bonds is 3. The molecule has 2 saturated heterocycles. The Morgan fingerprint density at radius 1 is 1.29 bits per heavy atom. The van der Waals surface area contributed by atoms with E-state index in [4.69, 9.17) is 9.47 Å². The first-order valence-electron chi connectivity index (χ1n) is 8.00. The standard InChI is InChI=1S/C17H18N4O3/c22-16(15-10-19-5-6-20-15)21-7-3-17(12-21)8-14(11-23-17)24-13-2-1-4-18-9-13/h1-2,4-6,9-10,14H,3,7-8,11-12H2. The fraction of sp³-hybridized carbons (Fsp3) is 0.412. The van der Waals surface area contributed by atoms with Crippen LogP contribution in [0.4, 0.5) is 0 Å². The Morgan fingerprint density at radius 3 is 3.00 bits per heavy atom. The highest BCUT2D eigenvalue weighted by molar-refractivity contribution is 5.92. The van der Waals surface area contributed by atoms with Crippen molar-refractivity contribution in [2.75, 3.05) is 19.7 Å². The lowest BCUT2D eigenvalue weighted by Gasteiger charge is -2.23. The molecule has 24 heavy (non-hydrogen) atoms. The van der Waals surface area contributed by atoms with Gasteiger partial charge in [0, 0.05) is 31.6 Å². The molecule has 0 saturated carbocycles. The lowest BCUT2D eigenvalue weighted by atomic mass is 9.98. The van der Waals surface area contributed by atoms with Crippen molar-refractivity contribution in [1.82, 2.24) is 19.9 Å². The van der Waals surface area contributed by atoms with Crippen LogP contribution in [0, 0.1) is 0 Å². The number of nitrogens with zero attached hydrogens (tertiary/aromatic N) is 4. The fourth-order valence-corrected chi connectivity index (χ4v) is 3.36. The van der Waals surface area contributed by atoms with E-state index < -0.39 is 0 Å². The zero-order valence-corrected chi connectivity index (χ0v) is 13.2. The summed E-state index contributed by atoms with van der Waals surface area (Å²) in [5.41, 5.74) is 0.0563. The van der Waals surface area contributed by atoms with E-state index in [9.17, 15) is 4.79 Å². The van der Waals surface area contributed by atoms with Crippen LogP contribution in [-0.2, 0) is 4.74 Å². The Balaban J connectivity index is 1.39. The number of hydrogen-bond donors (Lipinski definition) is 0. The van der Waals surface area contributed by atoms with Crippen LogP contribution >= 0.6 is 0 Å². The van der Waals surface area contributed by atoms with E-state index >= 15 is 0 Å². The number of carbonyl (C=O) groups is 1. The number of carbonyl (C=O) groups excluding carboxylic acids is 1. The molecule has 2 fully saturated rings. The Bertz CT molecular complexity index is 712. The van der Waals surface area contributed by atoms with Crippen molar-refractivity contribution in [1.29, 1.82) is 0 Å². The molecular formula is C17H18N4O3. The predicted molar refractivity (Wildman–Crippen MR) is 84.5 cm³/mol. The SMILES string of the molecule is O=C(c1cnccn1)N1CCC2(CC(Oc3cccnc3)CO2)C1. The number of pyridine rings is 1. The molecule has 4 heterocycles. The van der Waals surface area contributed by atoms with Crippen LogP contribution in [0.1, 0.15) is 23.3 Å². The van der Waals surface area contributed by atoms with Crippen LogP contribution < -0.4 is 4.74 Å². The maximum atomic E-state index is 12.5. The molecule has 4 rings (SSSR count). The normalized spacial score (nSPS) is 26.0. The van der Waals surface area contributed by atoms with Crippen LogP contribution in [0.15, 0.2) is 43.1 Å². The lowest BCUT2D eigenvalue weighted by Crippen LogP contribution is -2.36. The average molecular weight is 326 g/mol. The molecule has 0 bridgehead atoms. The molecule has 2 atom stereocenters. The van der Waals surface area contributed by atoms with Crippen LogP contribution in [0.3, 0.4) is 0 Å². The topological polar surface area (TPSA) is 77.4 Å². The third-order valence-corrected chi connectivity index (χ3v) is 4.50. The minimum Gasteiger partial charge on any atom is -0.486 e. The van der Waals surface area contributed by atoms with Gasteiger partial charge in [0.05, 0.1) is 31.1 Å². The maximum Gasteiger partial charge on any atom is 0.274 e. The van der Waals surface area contributed by atoms with Crippen LogP contribution in [0.2, 0.25) is 0 Å². The minimum absolute atomic E-state index is 0.0132. The molecule has 0 aromatic carbocycles. The van der Waals surface area contributed by atoms with Gasteiger partial charge in [-0.15, -0.1) is 0 Å². The Labute approximate surface area is 139 Å². The van der Waals surface area contributed by atoms with Gasteiger partial charge in [0.2, 0.25) is 0 Å². The summed E-state index contributed by atoms with van der Waals surface area (Å²) in [5.74, 6) is 0.647. The molecule has 2 aliphatic heterocycles. The largest absolute Gasteiger partial charge is 0.486 e. The first-order chi connectivity index (χ1) is 11.7. The van der Waals surface area contributed by atoms with Crippen molar-refractivity contribution >= 4 is 5.91 Å². The molecule has 124 valence electrons. The molecule has 0 N–H and O–H groups in total. The lowest BCUT2D eigenvalue weighted by molar-refractivity contribution is 0.00988. The molecule has 2 aromatic heterocycles. The fourth-order valence-electron chi connectivity index (χ4n) is 3.36. The zero-order valence-electron chi connectivity index (χ0n) is 13.2. The summed E-state index contributed by atoms with van der Waals surface area (Å²) in [6.45, 7) is 1.76. The Hall–Kier alpha value is -2.54. The van der Waals surface area contributed by atoms with Crippen molar-refractivity contribution in [3.63, 3.8) is 0 Å². The first kappa shape index (κ1) is 15.0. The van der Waals surface area contributed by atoms with Gasteiger partial charge in [0.25, 0.3) is 5.91 Å². The van der Waals surface area contributed by atoms with Gasteiger partial charge in [0.1, 0.15) is 17.5 Å². The number of aromatic nitrogens is 3. The third kappa shape index (κ3) is 2.94. The maximum absolute atomic E-state index is 12.5. The van der Waals surface area contributed by atoms with Crippen LogP contribution in [0.5, 0.6) is 5.75 Å². The summed E-state index contributed by atoms with van der Waals surface area (Å²) in [7, 11) is 0. The molecule has 2 aliphatic rings. The average Bonchev–Trinajstić information content (AvgIpc) is 3.23. The molecule has 1 amide bonds. The van der Waals surface area contributed by atoms with Gasteiger partial charge in [-0.05, 0) is 18.6 Å². The van der Waals surface area contributed by atoms with Gasteiger partial charge < -0.3 is 14.4 Å². The molecule has 0 radical (unpaired) electrons. The summed E-state index contributed by atoms with van der Waals surface area (Å²) in [5, 5.41) is 0. The number of amides is 1. The zero-order chi connectivity index (χ0) is 16.4. The van der Waals surface area contributed by atoms with E-state index in [2.05, 4.69) is 15.0 Å². The molecular weight excluding hydrogens is 308 g/mol. The number of likely N-dealkylation sites (tertiary alicyclic amines) is 1. The quantitative estimate of drug-likeness (QED) is 0.847. The van der Waals surface area contributed by atoms with E-state index in [0.29, 0.717) is 25.4 Å². The molecule has 2 unspecified atom stereocenters. The van der Waals surface area contributed by atoms with E-state index in [0.717, 1.165) is 18.6 Å². The van der Waals surface area contributed by atoms with Crippen molar-refractivity contribution in [3.05, 3.63) is 48.8 Å². The summed E-state index contributed by atoms with van der Waals surface area (Å²) in [6, 6.07) is 3.73. The van der Waals surface area contributed by atoms with E-state index in [1.165, 1.54) is 12.4 Å². The Kier molecular flexibility index (Phi) is 3.86. The third-order valence-electron chi connectivity index (χ3n) is 4.50. The number of hydrogen-bond acceptors (Lipinski definition) is 6. The molecule has 1 spiro atoms. The highest BCUT2D eigenvalue weighted by atomic mass is 16.6. The van der Waals surface area contributed by atoms with Gasteiger partial charge in [-0.2, -0.15) is 0 Å². The second-order valence-corrected chi connectivity index (χ2v) is 6.19. The molecule has 7 nitrogen and oxygen atoms in total. The molecule has 7 heteroatoms. The van der Waals surface area contributed by atoms with Crippen LogP contribution in [-0.4, -0.2) is 57.2 Å². The van der Waals surface area contributed by atoms with Gasteiger partial charge in [0.15, 0.2) is 0 Å². The Morgan fingerprint density at radius 2 is 2.21 bits per heavy atom. The van der Waals surface area contributed by atoms with Gasteiger partial charge in [-0.1, -0.05) is 0 Å². The molecule has 2 aromatic rings. The van der Waals surface area contributed by atoms with Gasteiger partial charge in [-0.3, -0.25) is 14.8 Å². The number of ether oxygens (including phenoxy) is 2. The van der Waals surface area contributed by atoms with E-state index in [1.807, 2.05) is 12.1 Å². The second-order valence-electron chi connectivity index (χ2n) is 6.19. The monoisotopic (exact) mass is 326 g/mol. The first-order valence-corrected chi connectivity index (χ1v) is 8.00. The highest BCUT2D eigenvalue weighted by Gasteiger charge is 2.47.